The fourth-order valence-electron chi connectivity index (χ4n) is 1.19. The fraction of sp³-hybridized carbons (Fsp3) is 0. The van der Waals surface area contributed by atoms with Crippen molar-refractivity contribution in [3.63, 3.8) is 0 Å². The van der Waals surface area contributed by atoms with E-state index in [0.717, 1.165) is 11.3 Å². The van der Waals surface area contributed by atoms with Gasteiger partial charge in [0.1, 0.15) is 10.6 Å². The molecule has 0 aliphatic heterocycles. The molecule has 0 unspecified atom stereocenters. The SMILES string of the molecule is O=Cc1ccc(C(=O)Oc2ccc(Cl)cc2)s1. The van der Waals surface area contributed by atoms with Crippen molar-refractivity contribution in [2.75, 3.05) is 0 Å². The minimum absolute atomic E-state index is 0.391. The highest BCUT2D eigenvalue weighted by atomic mass is 35.5. The molecular weight excluding hydrogens is 260 g/mol. The number of hydrogen-bond acceptors (Lipinski definition) is 4. The van der Waals surface area contributed by atoms with Crippen molar-refractivity contribution in [1.29, 1.82) is 0 Å². The topological polar surface area (TPSA) is 43.4 Å². The van der Waals surface area contributed by atoms with Crippen LogP contribution in [0.5, 0.6) is 5.75 Å². The largest absolute Gasteiger partial charge is 0.422 e. The summed E-state index contributed by atoms with van der Waals surface area (Å²) in [7, 11) is 0. The normalized spacial score (nSPS) is 9.94. The summed E-state index contributed by atoms with van der Waals surface area (Å²) in [5, 5.41) is 0.573. The molecule has 17 heavy (non-hydrogen) atoms. The summed E-state index contributed by atoms with van der Waals surface area (Å²) in [6, 6.07) is 9.62. The molecule has 3 nitrogen and oxygen atoms in total. The van der Waals surface area contributed by atoms with Crippen LogP contribution in [0.15, 0.2) is 36.4 Å². The van der Waals surface area contributed by atoms with E-state index in [1.807, 2.05) is 0 Å². The van der Waals surface area contributed by atoms with Crippen molar-refractivity contribution in [2.45, 2.75) is 0 Å². The Hall–Kier alpha value is -1.65. The standard InChI is InChI=1S/C12H7ClO3S/c13-8-1-3-9(4-2-8)16-12(15)11-6-5-10(7-14)17-11/h1-7H. The number of benzene rings is 1. The average molecular weight is 267 g/mol. The molecule has 0 saturated heterocycles. The summed E-state index contributed by atoms with van der Waals surface area (Å²) in [6.07, 6.45) is 0.698. The van der Waals surface area contributed by atoms with E-state index in [1.165, 1.54) is 0 Å². The molecule has 0 aliphatic rings. The molecule has 0 saturated carbocycles. The zero-order valence-corrected chi connectivity index (χ0v) is 10.1. The minimum Gasteiger partial charge on any atom is -0.422 e. The predicted molar refractivity (Wildman–Crippen MR) is 66.1 cm³/mol. The average Bonchev–Trinajstić information content (AvgIpc) is 2.81. The molecule has 1 aromatic carbocycles. The Balaban J connectivity index is 2.11. The molecule has 86 valence electrons. The first-order chi connectivity index (χ1) is 8.19. The summed E-state index contributed by atoms with van der Waals surface area (Å²) < 4.78 is 5.11. The van der Waals surface area contributed by atoms with Crippen LogP contribution >= 0.6 is 22.9 Å². The van der Waals surface area contributed by atoms with Crippen LogP contribution in [0.25, 0.3) is 0 Å². The first kappa shape index (κ1) is 11.8. The molecule has 2 aromatic rings. The van der Waals surface area contributed by atoms with Gasteiger partial charge in [-0.2, -0.15) is 0 Å². The van der Waals surface area contributed by atoms with E-state index in [9.17, 15) is 9.59 Å². The van der Waals surface area contributed by atoms with E-state index in [1.54, 1.807) is 36.4 Å². The van der Waals surface area contributed by atoms with Crippen LogP contribution in [0.1, 0.15) is 19.3 Å². The van der Waals surface area contributed by atoms with Crippen LogP contribution in [0, 0.1) is 0 Å². The van der Waals surface area contributed by atoms with E-state index in [4.69, 9.17) is 16.3 Å². The van der Waals surface area contributed by atoms with Crippen LogP contribution in [0.3, 0.4) is 0 Å². The predicted octanol–water partition coefficient (Wildman–Crippen LogP) is 3.43. The van der Waals surface area contributed by atoms with Gasteiger partial charge in [0.15, 0.2) is 6.29 Å². The Morgan fingerprint density at radius 3 is 2.47 bits per heavy atom. The maximum Gasteiger partial charge on any atom is 0.353 e. The summed E-state index contributed by atoms with van der Waals surface area (Å²) in [5.41, 5.74) is 0. The molecule has 5 heteroatoms. The lowest BCUT2D eigenvalue weighted by molar-refractivity contribution is 0.0739. The maximum atomic E-state index is 11.7. The monoisotopic (exact) mass is 266 g/mol. The van der Waals surface area contributed by atoms with Gasteiger partial charge in [-0.25, -0.2) is 4.79 Å². The van der Waals surface area contributed by atoms with Gasteiger partial charge in [0.2, 0.25) is 0 Å². The van der Waals surface area contributed by atoms with E-state index >= 15 is 0 Å². The van der Waals surface area contributed by atoms with Crippen molar-refractivity contribution < 1.29 is 14.3 Å². The van der Waals surface area contributed by atoms with Crippen LogP contribution in [-0.2, 0) is 0 Å². The van der Waals surface area contributed by atoms with E-state index in [0.29, 0.717) is 26.8 Å². The van der Waals surface area contributed by atoms with Crippen molar-refractivity contribution in [3.8, 4) is 5.75 Å². The Morgan fingerprint density at radius 1 is 1.18 bits per heavy atom. The highest BCUT2D eigenvalue weighted by Crippen LogP contribution is 2.20. The number of thiophene rings is 1. The lowest BCUT2D eigenvalue weighted by Crippen LogP contribution is -2.05. The number of aldehydes is 1. The van der Waals surface area contributed by atoms with Gasteiger partial charge in [-0.15, -0.1) is 11.3 Å². The Kier molecular flexibility index (Phi) is 3.56. The molecule has 0 fully saturated rings. The second kappa shape index (κ2) is 5.12. The highest BCUT2D eigenvalue weighted by molar-refractivity contribution is 7.15. The van der Waals surface area contributed by atoms with Gasteiger partial charge in [-0.1, -0.05) is 11.6 Å². The number of halogens is 1. The highest BCUT2D eigenvalue weighted by Gasteiger charge is 2.11. The van der Waals surface area contributed by atoms with Gasteiger partial charge in [0, 0.05) is 5.02 Å². The van der Waals surface area contributed by atoms with Gasteiger partial charge in [0.05, 0.1) is 4.88 Å². The molecular formula is C12H7ClO3S. The van der Waals surface area contributed by atoms with Crippen LogP contribution < -0.4 is 4.74 Å². The Morgan fingerprint density at radius 2 is 1.88 bits per heavy atom. The first-order valence-corrected chi connectivity index (χ1v) is 5.91. The summed E-state index contributed by atoms with van der Waals surface area (Å²) in [5.74, 6) is -0.0640. The lowest BCUT2D eigenvalue weighted by Gasteiger charge is -2.01. The van der Waals surface area contributed by atoms with Gasteiger partial charge in [-0.05, 0) is 36.4 Å². The summed E-state index contributed by atoms with van der Waals surface area (Å²) in [6.45, 7) is 0. The lowest BCUT2D eigenvalue weighted by atomic mass is 10.3. The van der Waals surface area contributed by atoms with E-state index in [2.05, 4.69) is 0 Å². The Bertz CT molecular complexity index is 545. The molecule has 0 radical (unpaired) electrons. The van der Waals surface area contributed by atoms with Gasteiger partial charge in [-0.3, -0.25) is 4.79 Å². The van der Waals surface area contributed by atoms with E-state index < -0.39 is 5.97 Å². The van der Waals surface area contributed by atoms with Crippen molar-refractivity contribution in [1.82, 2.24) is 0 Å². The zero-order chi connectivity index (χ0) is 12.3. The molecule has 1 heterocycles. The second-order valence-corrected chi connectivity index (χ2v) is 4.72. The molecule has 1 aromatic heterocycles. The molecule has 2 rings (SSSR count). The van der Waals surface area contributed by atoms with Crippen molar-refractivity contribution >= 4 is 35.2 Å². The zero-order valence-electron chi connectivity index (χ0n) is 8.55. The third-order valence-corrected chi connectivity index (χ3v) is 3.21. The number of rotatable bonds is 3. The first-order valence-electron chi connectivity index (χ1n) is 4.72. The fourth-order valence-corrected chi connectivity index (χ4v) is 2.01. The molecule has 0 spiro atoms. The second-order valence-electron chi connectivity index (χ2n) is 3.16. The van der Waals surface area contributed by atoms with Crippen LogP contribution in [-0.4, -0.2) is 12.3 Å². The number of carbonyl (C=O) groups excluding carboxylic acids is 2. The third-order valence-electron chi connectivity index (χ3n) is 1.97. The quantitative estimate of drug-likeness (QED) is 0.486. The molecule has 0 amide bonds. The Labute approximate surface area is 107 Å². The van der Waals surface area contributed by atoms with Gasteiger partial charge in [0.25, 0.3) is 0 Å². The number of ether oxygens (including phenoxy) is 1. The van der Waals surface area contributed by atoms with Gasteiger partial charge < -0.3 is 4.74 Å². The van der Waals surface area contributed by atoms with E-state index in [-0.39, 0.29) is 0 Å². The van der Waals surface area contributed by atoms with Crippen LogP contribution in [0.4, 0.5) is 0 Å². The molecule has 0 N–H and O–H groups in total. The van der Waals surface area contributed by atoms with Crippen LogP contribution in [0.2, 0.25) is 5.02 Å². The third kappa shape index (κ3) is 2.93. The molecule has 0 atom stereocenters. The smallest absolute Gasteiger partial charge is 0.353 e. The van der Waals surface area contributed by atoms with Gasteiger partial charge >= 0.3 is 5.97 Å². The van der Waals surface area contributed by atoms with Crippen molar-refractivity contribution in [3.05, 3.63) is 51.2 Å². The summed E-state index contributed by atoms with van der Waals surface area (Å²) in [4.78, 5) is 23.0. The maximum absolute atomic E-state index is 11.7. The number of hydrogen-bond donors (Lipinski definition) is 0. The molecule has 0 bridgehead atoms. The molecule has 0 aliphatic carbocycles. The number of carbonyl (C=O) groups is 2. The number of esters is 1. The summed E-state index contributed by atoms with van der Waals surface area (Å²) >= 11 is 6.80. The van der Waals surface area contributed by atoms with Crippen molar-refractivity contribution in [2.24, 2.45) is 0 Å². The minimum atomic E-state index is -0.481.